The highest BCUT2D eigenvalue weighted by atomic mass is 35.5. The van der Waals surface area contributed by atoms with Crippen molar-refractivity contribution < 1.29 is 4.79 Å². The molecule has 3 nitrogen and oxygen atoms in total. The molecular weight excluding hydrogens is 260 g/mol. The van der Waals surface area contributed by atoms with E-state index in [1.807, 2.05) is 36.2 Å². The molecule has 1 aliphatic rings. The normalized spacial score (nSPS) is 15.0. The fourth-order valence-electron chi connectivity index (χ4n) is 2.68. The Morgan fingerprint density at radius 3 is 2.58 bits per heavy atom. The predicted molar refractivity (Wildman–Crippen MR) is 81.4 cm³/mol. The first kappa shape index (κ1) is 15.8. The van der Waals surface area contributed by atoms with Crippen molar-refractivity contribution in [1.82, 2.24) is 4.90 Å². The van der Waals surface area contributed by atoms with Crippen LogP contribution in [0.4, 0.5) is 5.69 Å². The molecule has 19 heavy (non-hydrogen) atoms. The lowest BCUT2D eigenvalue weighted by molar-refractivity contribution is -0.131. The van der Waals surface area contributed by atoms with E-state index in [0.29, 0.717) is 12.5 Å². The second-order valence-corrected chi connectivity index (χ2v) is 5.14. The van der Waals surface area contributed by atoms with Crippen molar-refractivity contribution in [3.05, 3.63) is 29.8 Å². The Bertz CT molecular complexity index is 416. The number of anilines is 1. The number of hydrogen-bond donors (Lipinski definition) is 1. The minimum absolute atomic E-state index is 0. The van der Waals surface area contributed by atoms with Gasteiger partial charge in [-0.1, -0.05) is 31.0 Å². The molecule has 2 N–H and O–H groups in total. The lowest BCUT2D eigenvalue weighted by Crippen LogP contribution is -2.35. The number of carbonyl (C=O) groups excluding carboxylic acids is 1. The van der Waals surface area contributed by atoms with Crippen LogP contribution in [-0.4, -0.2) is 23.9 Å². The number of rotatable bonds is 4. The van der Waals surface area contributed by atoms with Crippen molar-refractivity contribution in [2.24, 2.45) is 0 Å². The van der Waals surface area contributed by atoms with Crippen molar-refractivity contribution in [2.75, 3.05) is 12.8 Å². The van der Waals surface area contributed by atoms with Crippen LogP contribution in [0.5, 0.6) is 0 Å². The molecule has 0 aliphatic heterocycles. The van der Waals surface area contributed by atoms with Crippen LogP contribution in [0.15, 0.2) is 24.3 Å². The third-order valence-electron chi connectivity index (χ3n) is 3.93. The number of carbonyl (C=O) groups is 1. The SMILES string of the molecule is CN(C(=O)CCc1ccccc1N)C1CCCC1.Cl. The zero-order valence-electron chi connectivity index (χ0n) is 11.5. The molecule has 0 aromatic heterocycles. The van der Waals surface area contributed by atoms with E-state index in [2.05, 4.69) is 0 Å². The first-order chi connectivity index (χ1) is 8.68. The van der Waals surface area contributed by atoms with Gasteiger partial charge < -0.3 is 10.6 Å². The van der Waals surface area contributed by atoms with E-state index in [1.54, 1.807) is 0 Å². The van der Waals surface area contributed by atoms with Crippen LogP contribution < -0.4 is 5.73 Å². The standard InChI is InChI=1S/C15H22N2O.ClH/c1-17(13-7-3-4-8-13)15(18)11-10-12-6-2-5-9-14(12)16;/h2,5-6,9,13H,3-4,7-8,10-11,16H2,1H3;1H. The molecule has 0 radical (unpaired) electrons. The molecule has 4 heteroatoms. The summed E-state index contributed by atoms with van der Waals surface area (Å²) in [6.07, 6.45) is 6.14. The second kappa shape index (κ2) is 7.39. The Hall–Kier alpha value is -1.22. The highest BCUT2D eigenvalue weighted by Gasteiger charge is 2.22. The number of halogens is 1. The fourth-order valence-corrected chi connectivity index (χ4v) is 2.68. The van der Waals surface area contributed by atoms with Crippen LogP contribution in [0.25, 0.3) is 0 Å². The Morgan fingerprint density at radius 2 is 1.95 bits per heavy atom. The van der Waals surface area contributed by atoms with E-state index in [4.69, 9.17) is 5.73 Å². The summed E-state index contributed by atoms with van der Waals surface area (Å²) in [5.74, 6) is 0.241. The minimum atomic E-state index is 0. The number of aryl methyl sites for hydroxylation is 1. The zero-order chi connectivity index (χ0) is 13.0. The Morgan fingerprint density at radius 1 is 1.32 bits per heavy atom. The molecule has 2 rings (SSSR count). The van der Waals surface area contributed by atoms with Gasteiger partial charge in [0.1, 0.15) is 0 Å². The summed E-state index contributed by atoms with van der Waals surface area (Å²) in [6.45, 7) is 0. The van der Waals surface area contributed by atoms with Crippen molar-refractivity contribution in [1.29, 1.82) is 0 Å². The van der Waals surface area contributed by atoms with Crippen LogP contribution in [0.2, 0.25) is 0 Å². The molecule has 0 bridgehead atoms. The molecule has 0 saturated heterocycles. The quantitative estimate of drug-likeness (QED) is 0.863. The predicted octanol–water partition coefficient (Wildman–Crippen LogP) is 3.02. The van der Waals surface area contributed by atoms with E-state index in [1.165, 1.54) is 12.8 Å². The van der Waals surface area contributed by atoms with Gasteiger partial charge in [0.05, 0.1) is 0 Å². The molecular formula is C15H23ClN2O. The summed E-state index contributed by atoms with van der Waals surface area (Å²) in [5.41, 5.74) is 7.74. The van der Waals surface area contributed by atoms with Crippen LogP contribution in [0.3, 0.4) is 0 Å². The zero-order valence-corrected chi connectivity index (χ0v) is 12.3. The Labute approximate surface area is 121 Å². The summed E-state index contributed by atoms with van der Waals surface area (Å²) in [6, 6.07) is 8.24. The molecule has 1 saturated carbocycles. The van der Waals surface area contributed by atoms with Gasteiger partial charge in [0.2, 0.25) is 5.91 Å². The molecule has 106 valence electrons. The van der Waals surface area contributed by atoms with Crippen molar-refractivity contribution in [3.8, 4) is 0 Å². The topological polar surface area (TPSA) is 46.3 Å². The largest absolute Gasteiger partial charge is 0.399 e. The number of amides is 1. The van der Waals surface area contributed by atoms with Gasteiger partial charge in [0.25, 0.3) is 0 Å². The van der Waals surface area contributed by atoms with Gasteiger partial charge in [0.15, 0.2) is 0 Å². The van der Waals surface area contributed by atoms with E-state index in [-0.39, 0.29) is 18.3 Å². The Kier molecular flexibility index (Phi) is 6.16. The van der Waals surface area contributed by atoms with E-state index < -0.39 is 0 Å². The van der Waals surface area contributed by atoms with Crippen LogP contribution >= 0.6 is 12.4 Å². The number of nitrogen functional groups attached to an aromatic ring is 1. The minimum Gasteiger partial charge on any atom is -0.399 e. The van der Waals surface area contributed by atoms with Gasteiger partial charge >= 0.3 is 0 Å². The Balaban J connectivity index is 0.00000180. The fraction of sp³-hybridized carbons (Fsp3) is 0.533. The lowest BCUT2D eigenvalue weighted by Gasteiger charge is -2.24. The van der Waals surface area contributed by atoms with Crippen molar-refractivity contribution in [2.45, 2.75) is 44.6 Å². The molecule has 0 unspecified atom stereocenters. The highest BCUT2D eigenvalue weighted by molar-refractivity contribution is 5.85. The summed E-state index contributed by atoms with van der Waals surface area (Å²) in [5, 5.41) is 0. The molecule has 0 heterocycles. The maximum absolute atomic E-state index is 12.1. The number of benzene rings is 1. The number of nitrogens with zero attached hydrogens (tertiary/aromatic N) is 1. The summed E-state index contributed by atoms with van der Waals surface area (Å²) in [4.78, 5) is 14.0. The number of nitrogens with two attached hydrogens (primary N) is 1. The van der Waals surface area contributed by atoms with Gasteiger partial charge in [0, 0.05) is 25.2 Å². The molecule has 1 aromatic rings. The van der Waals surface area contributed by atoms with Gasteiger partial charge in [-0.05, 0) is 30.9 Å². The van der Waals surface area contributed by atoms with Crippen LogP contribution in [-0.2, 0) is 11.2 Å². The maximum atomic E-state index is 12.1. The average molecular weight is 283 g/mol. The smallest absolute Gasteiger partial charge is 0.222 e. The van der Waals surface area contributed by atoms with E-state index in [9.17, 15) is 4.79 Å². The number of para-hydroxylation sites is 1. The molecule has 1 aromatic carbocycles. The third-order valence-corrected chi connectivity index (χ3v) is 3.93. The summed E-state index contributed by atoms with van der Waals surface area (Å²) < 4.78 is 0. The maximum Gasteiger partial charge on any atom is 0.222 e. The monoisotopic (exact) mass is 282 g/mol. The van der Waals surface area contributed by atoms with E-state index >= 15 is 0 Å². The third kappa shape index (κ3) is 4.13. The lowest BCUT2D eigenvalue weighted by atomic mass is 10.1. The van der Waals surface area contributed by atoms with Gasteiger partial charge in [-0.3, -0.25) is 4.79 Å². The van der Waals surface area contributed by atoms with Gasteiger partial charge in [-0.2, -0.15) is 0 Å². The molecule has 1 aliphatic carbocycles. The van der Waals surface area contributed by atoms with Gasteiger partial charge in [-0.15, -0.1) is 12.4 Å². The molecule has 1 fully saturated rings. The average Bonchev–Trinajstić information content (AvgIpc) is 2.90. The van der Waals surface area contributed by atoms with Crippen LogP contribution in [0, 0.1) is 0 Å². The number of hydrogen-bond acceptors (Lipinski definition) is 2. The highest BCUT2D eigenvalue weighted by Crippen LogP contribution is 2.23. The second-order valence-electron chi connectivity index (χ2n) is 5.14. The molecule has 0 spiro atoms. The van der Waals surface area contributed by atoms with Gasteiger partial charge in [-0.25, -0.2) is 0 Å². The van der Waals surface area contributed by atoms with Crippen molar-refractivity contribution >= 4 is 24.0 Å². The van der Waals surface area contributed by atoms with E-state index in [0.717, 1.165) is 30.5 Å². The van der Waals surface area contributed by atoms with Crippen LogP contribution in [0.1, 0.15) is 37.7 Å². The summed E-state index contributed by atoms with van der Waals surface area (Å²) >= 11 is 0. The molecule has 0 atom stereocenters. The first-order valence-electron chi connectivity index (χ1n) is 6.77. The first-order valence-corrected chi connectivity index (χ1v) is 6.77. The molecule has 1 amide bonds. The van der Waals surface area contributed by atoms with Crippen molar-refractivity contribution in [3.63, 3.8) is 0 Å². The summed E-state index contributed by atoms with van der Waals surface area (Å²) in [7, 11) is 1.94.